The van der Waals surface area contributed by atoms with Crippen molar-refractivity contribution in [3.8, 4) is 0 Å². The molecule has 1 unspecified atom stereocenters. The van der Waals surface area contributed by atoms with E-state index in [4.69, 9.17) is 14.2 Å². The Bertz CT molecular complexity index is 1040. The van der Waals surface area contributed by atoms with E-state index in [1.54, 1.807) is 0 Å². The topological polar surface area (TPSA) is 78.9 Å². The minimum absolute atomic E-state index is 0.0944. The lowest BCUT2D eigenvalue weighted by Crippen LogP contribution is -2.30. The maximum atomic E-state index is 12.7. The fraction of sp³-hybridized carbons (Fsp3) is 0.740. The van der Waals surface area contributed by atoms with Crippen molar-refractivity contribution in [1.29, 1.82) is 0 Å². The van der Waals surface area contributed by atoms with E-state index in [0.717, 1.165) is 70.6 Å². The highest BCUT2D eigenvalue weighted by Gasteiger charge is 2.19. The van der Waals surface area contributed by atoms with Crippen LogP contribution in [0.25, 0.3) is 0 Å². The standard InChI is InChI=1S/C50H86O6/c1-4-7-10-13-16-19-22-24-25-26-27-29-31-34-37-40-43-49(52)55-46-47(45-54-48(51)42-39-36-33-30-21-18-15-12-9-6-3)56-50(53)44-41-38-35-32-28-23-20-17-14-11-8-5-2/h7,10,16,19,24-25,27,29,34,37,47H,4-6,8-9,11-15,17-18,20-23,26,28,30-33,35-36,38-46H2,1-3H3/b10-7-,19-16-,25-24-,29-27-,37-34-. The Balaban J connectivity index is 4.47. The normalized spacial score (nSPS) is 12.6. The van der Waals surface area contributed by atoms with E-state index >= 15 is 0 Å². The third kappa shape index (κ3) is 42.3. The zero-order valence-electron chi connectivity index (χ0n) is 36.6. The number of ether oxygens (including phenoxy) is 3. The summed E-state index contributed by atoms with van der Waals surface area (Å²) in [5.74, 6) is -0.983. The van der Waals surface area contributed by atoms with Crippen LogP contribution in [-0.2, 0) is 28.6 Å². The fourth-order valence-electron chi connectivity index (χ4n) is 6.31. The third-order valence-corrected chi connectivity index (χ3v) is 9.80. The molecule has 0 radical (unpaired) electrons. The van der Waals surface area contributed by atoms with Crippen LogP contribution in [0.5, 0.6) is 0 Å². The van der Waals surface area contributed by atoms with Crippen molar-refractivity contribution in [3.63, 3.8) is 0 Å². The molecule has 6 nitrogen and oxygen atoms in total. The molecule has 0 saturated carbocycles. The number of unbranched alkanes of at least 4 members (excludes halogenated alkanes) is 20. The summed E-state index contributed by atoms with van der Waals surface area (Å²) in [4.78, 5) is 37.7. The Morgan fingerprint density at radius 1 is 0.375 bits per heavy atom. The average molecular weight is 783 g/mol. The molecule has 0 rings (SSSR count). The van der Waals surface area contributed by atoms with Gasteiger partial charge in [0.1, 0.15) is 13.2 Å². The minimum atomic E-state index is -0.797. The zero-order chi connectivity index (χ0) is 40.8. The number of rotatable bonds is 41. The molecule has 0 aromatic heterocycles. The number of hydrogen-bond acceptors (Lipinski definition) is 6. The zero-order valence-corrected chi connectivity index (χ0v) is 36.6. The van der Waals surface area contributed by atoms with Crippen LogP contribution in [0.2, 0.25) is 0 Å². The molecule has 0 aromatic rings. The van der Waals surface area contributed by atoms with Crippen LogP contribution in [0.15, 0.2) is 60.8 Å². The molecule has 0 spiro atoms. The molecule has 0 bridgehead atoms. The first-order chi connectivity index (χ1) is 27.5. The van der Waals surface area contributed by atoms with Gasteiger partial charge in [-0.3, -0.25) is 14.4 Å². The van der Waals surface area contributed by atoms with E-state index < -0.39 is 6.10 Å². The molecular weight excluding hydrogens is 697 g/mol. The van der Waals surface area contributed by atoms with E-state index in [1.165, 1.54) is 103 Å². The molecule has 0 aliphatic heterocycles. The monoisotopic (exact) mass is 783 g/mol. The smallest absolute Gasteiger partial charge is 0.306 e. The summed E-state index contributed by atoms with van der Waals surface area (Å²) in [7, 11) is 0. The molecule has 0 amide bonds. The molecule has 0 aliphatic carbocycles. The van der Waals surface area contributed by atoms with Gasteiger partial charge >= 0.3 is 17.9 Å². The van der Waals surface area contributed by atoms with Crippen LogP contribution in [0, 0.1) is 0 Å². The van der Waals surface area contributed by atoms with E-state index in [1.807, 2.05) is 12.2 Å². The second-order valence-corrected chi connectivity index (χ2v) is 15.3. The highest BCUT2D eigenvalue weighted by Crippen LogP contribution is 2.14. The molecule has 0 N–H and O–H groups in total. The van der Waals surface area contributed by atoms with Crippen molar-refractivity contribution in [2.45, 2.75) is 226 Å². The molecule has 0 saturated heterocycles. The number of carbonyl (C=O) groups is 3. The predicted octanol–water partition coefficient (Wildman–Crippen LogP) is 14.9. The Kier molecular flexibility index (Phi) is 42.5. The Labute approximate surface area is 345 Å². The van der Waals surface area contributed by atoms with Gasteiger partial charge in [-0.15, -0.1) is 0 Å². The summed E-state index contributed by atoms with van der Waals surface area (Å²) in [5, 5.41) is 0. The van der Waals surface area contributed by atoms with Crippen LogP contribution in [-0.4, -0.2) is 37.2 Å². The second kappa shape index (κ2) is 44.8. The van der Waals surface area contributed by atoms with Crippen LogP contribution >= 0.6 is 0 Å². The summed E-state index contributed by atoms with van der Waals surface area (Å²) < 4.78 is 16.6. The van der Waals surface area contributed by atoms with Gasteiger partial charge in [-0.2, -0.15) is 0 Å². The number of esters is 3. The van der Waals surface area contributed by atoms with Crippen molar-refractivity contribution in [3.05, 3.63) is 60.8 Å². The van der Waals surface area contributed by atoms with E-state index in [-0.39, 0.29) is 37.5 Å². The summed E-state index contributed by atoms with van der Waals surface area (Å²) in [6.45, 7) is 6.43. The first kappa shape index (κ1) is 53.1. The van der Waals surface area contributed by atoms with Crippen LogP contribution in [0.3, 0.4) is 0 Å². The Morgan fingerprint density at radius 3 is 1.09 bits per heavy atom. The average Bonchev–Trinajstić information content (AvgIpc) is 3.19. The summed E-state index contributed by atoms with van der Waals surface area (Å²) in [6.07, 6.45) is 53.6. The minimum Gasteiger partial charge on any atom is -0.462 e. The molecule has 0 aromatic carbocycles. The van der Waals surface area contributed by atoms with Crippen molar-refractivity contribution < 1.29 is 28.6 Å². The van der Waals surface area contributed by atoms with E-state index in [0.29, 0.717) is 19.3 Å². The van der Waals surface area contributed by atoms with Gasteiger partial charge in [0.15, 0.2) is 6.10 Å². The number of carbonyl (C=O) groups excluding carboxylic acids is 3. The van der Waals surface area contributed by atoms with Crippen LogP contribution < -0.4 is 0 Å². The third-order valence-electron chi connectivity index (χ3n) is 9.80. The van der Waals surface area contributed by atoms with Crippen molar-refractivity contribution in [1.82, 2.24) is 0 Å². The summed E-state index contributed by atoms with van der Waals surface area (Å²) in [5.41, 5.74) is 0. The summed E-state index contributed by atoms with van der Waals surface area (Å²) >= 11 is 0. The van der Waals surface area contributed by atoms with Gasteiger partial charge in [-0.25, -0.2) is 0 Å². The largest absolute Gasteiger partial charge is 0.462 e. The maximum absolute atomic E-state index is 12.7. The first-order valence-electron chi connectivity index (χ1n) is 23.3. The number of allylic oxidation sites excluding steroid dienone is 10. The maximum Gasteiger partial charge on any atom is 0.306 e. The summed E-state index contributed by atoms with van der Waals surface area (Å²) in [6, 6.07) is 0. The van der Waals surface area contributed by atoms with Gasteiger partial charge in [-0.05, 0) is 51.4 Å². The van der Waals surface area contributed by atoms with Gasteiger partial charge in [0.05, 0.1) is 0 Å². The van der Waals surface area contributed by atoms with Gasteiger partial charge < -0.3 is 14.2 Å². The highest BCUT2D eigenvalue weighted by molar-refractivity contribution is 5.71. The van der Waals surface area contributed by atoms with Gasteiger partial charge in [-0.1, -0.05) is 210 Å². The number of hydrogen-bond donors (Lipinski definition) is 0. The van der Waals surface area contributed by atoms with Gasteiger partial charge in [0.2, 0.25) is 0 Å². The SMILES string of the molecule is CC/C=C\C/C=C\C/C=C\C/C=C\C/C=C\CCC(=O)OCC(COC(=O)CCCCCCCCCCCC)OC(=O)CCCCCCCCCCCCCC. The lowest BCUT2D eigenvalue weighted by molar-refractivity contribution is -0.166. The second-order valence-electron chi connectivity index (χ2n) is 15.3. The van der Waals surface area contributed by atoms with Gasteiger partial charge in [0.25, 0.3) is 0 Å². The Morgan fingerprint density at radius 2 is 0.696 bits per heavy atom. The molecule has 6 heteroatoms. The Hall–Kier alpha value is -2.89. The molecule has 56 heavy (non-hydrogen) atoms. The molecule has 1 atom stereocenters. The molecule has 0 heterocycles. The first-order valence-corrected chi connectivity index (χ1v) is 23.3. The fourth-order valence-corrected chi connectivity index (χ4v) is 6.31. The molecule has 322 valence electrons. The molecule has 0 fully saturated rings. The van der Waals surface area contributed by atoms with Crippen LogP contribution in [0.1, 0.15) is 220 Å². The van der Waals surface area contributed by atoms with Crippen LogP contribution in [0.4, 0.5) is 0 Å². The molecular formula is C50H86O6. The molecule has 0 aliphatic rings. The van der Waals surface area contributed by atoms with Crippen molar-refractivity contribution in [2.24, 2.45) is 0 Å². The van der Waals surface area contributed by atoms with Crippen molar-refractivity contribution >= 4 is 17.9 Å². The lowest BCUT2D eigenvalue weighted by Gasteiger charge is -2.18. The quantitative estimate of drug-likeness (QED) is 0.0266. The highest BCUT2D eigenvalue weighted by atomic mass is 16.6. The van der Waals surface area contributed by atoms with E-state index in [9.17, 15) is 14.4 Å². The van der Waals surface area contributed by atoms with Crippen molar-refractivity contribution in [2.75, 3.05) is 13.2 Å². The van der Waals surface area contributed by atoms with E-state index in [2.05, 4.69) is 69.4 Å². The van der Waals surface area contributed by atoms with Gasteiger partial charge in [0, 0.05) is 19.3 Å². The lowest BCUT2D eigenvalue weighted by atomic mass is 10.0. The predicted molar refractivity (Wildman–Crippen MR) is 238 cm³/mol.